The van der Waals surface area contributed by atoms with Gasteiger partial charge in [-0.3, -0.25) is 4.79 Å². The van der Waals surface area contributed by atoms with Crippen molar-refractivity contribution in [1.29, 1.82) is 0 Å². The van der Waals surface area contributed by atoms with Crippen molar-refractivity contribution in [1.82, 2.24) is 10.5 Å². The summed E-state index contributed by atoms with van der Waals surface area (Å²) >= 11 is 7.62. The highest BCUT2D eigenvalue weighted by molar-refractivity contribution is 7.15. The lowest BCUT2D eigenvalue weighted by Crippen LogP contribution is -2.32. The number of aldehydes is 1. The van der Waals surface area contributed by atoms with E-state index in [9.17, 15) is 4.79 Å². The zero-order valence-electron chi connectivity index (χ0n) is 18.3. The topological polar surface area (TPSA) is 54.5 Å². The minimum Gasteiger partial charge on any atom is -0.347 e. The maximum atomic E-state index is 11.2. The Bertz CT molecular complexity index is 743. The Labute approximate surface area is 189 Å². The highest BCUT2D eigenvalue weighted by Crippen LogP contribution is 2.30. The maximum absolute atomic E-state index is 11.2. The standard InChI is InChI=1S/C20H25ClN2OS.C3H9NO/c1-15-19(14-24)22-20(25-15)23(13-17-5-3-2-4-6-17)12-11-16-7-9-18(21)10-8-16;1-3-5-4-2/h7-10,14,17H,2-6,11-13H2,1H3;4H,3H2,1-2H3. The summed E-state index contributed by atoms with van der Waals surface area (Å²) in [5, 5.41) is 1.76. The van der Waals surface area contributed by atoms with Gasteiger partial charge in [-0.2, -0.15) is 0 Å². The van der Waals surface area contributed by atoms with Crippen LogP contribution in [0.2, 0.25) is 5.02 Å². The molecule has 0 atom stereocenters. The molecule has 5 nitrogen and oxygen atoms in total. The molecule has 0 radical (unpaired) electrons. The lowest BCUT2D eigenvalue weighted by molar-refractivity contribution is 0.0687. The first-order valence-electron chi connectivity index (χ1n) is 10.8. The molecular formula is C23H34ClN3O2S. The van der Waals surface area contributed by atoms with Gasteiger partial charge in [-0.05, 0) is 56.7 Å². The smallest absolute Gasteiger partial charge is 0.186 e. The van der Waals surface area contributed by atoms with Gasteiger partial charge in [-0.15, -0.1) is 11.3 Å². The number of hydrogen-bond donors (Lipinski definition) is 1. The predicted octanol–water partition coefficient (Wildman–Crippen LogP) is 5.70. The van der Waals surface area contributed by atoms with Crippen molar-refractivity contribution < 1.29 is 9.63 Å². The van der Waals surface area contributed by atoms with Crippen molar-refractivity contribution in [3.63, 3.8) is 0 Å². The van der Waals surface area contributed by atoms with Gasteiger partial charge in [0.05, 0.1) is 6.61 Å². The molecule has 1 aliphatic rings. The highest BCUT2D eigenvalue weighted by atomic mass is 35.5. The van der Waals surface area contributed by atoms with Crippen molar-refractivity contribution in [2.24, 2.45) is 5.92 Å². The van der Waals surface area contributed by atoms with Crippen molar-refractivity contribution in [2.45, 2.75) is 52.4 Å². The van der Waals surface area contributed by atoms with Gasteiger partial charge in [0.15, 0.2) is 11.4 Å². The Morgan fingerprint density at radius 3 is 2.50 bits per heavy atom. The molecule has 0 amide bonds. The van der Waals surface area contributed by atoms with Crippen LogP contribution in [0.5, 0.6) is 0 Å². The monoisotopic (exact) mass is 451 g/mol. The molecule has 0 spiro atoms. The second-order valence-electron chi connectivity index (χ2n) is 7.52. The molecule has 0 saturated heterocycles. The fourth-order valence-corrected chi connectivity index (χ4v) is 4.68. The van der Waals surface area contributed by atoms with Crippen LogP contribution in [0.4, 0.5) is 5.13 Å². The van der Waals surface area contributed by atoms with Gasteiger partial charge in [-0.1, -0.05) is 43.0 Å². The van der Waals surface area contributed by atoms with Gasteiger partial charge in [0, 0.05) is 30.0 Å². The zero-order valence-corrected chi connectivity index (χ0v) is 19.9. The Kier molecular flexibility index (Phi) is 11.4. The van der Waals surface area contributed by atoms with Crippen LogP contribution >= 0.6 is 22.9 Å². The Morgan fingerprint density at radius 2 is 1.97 bits per heavy atom. The van der Waals surface area contributed by atoms with Crippen LogP contribution in [0, 0.1) is 12.8 Å². The Balaban J connectivity index is 0.000000575. The lowest BCUT2D eigenvalue weighted by atomic mass is 9.89. The summed E-state index contributed by atoms with van der Waals surface area (Å²) in [6, 6.07) is 8.07. The number of anilines is 1. The maximum Gasteiger partial charge on any atom is 0.186 e. The molecule has 166 valence electrons. The molecule has 1 fully saturated rings. The number of nitrogens with zero attached hydrogens (tertiary/aromatic N) is 2. The number of hydroxylamine groups is 1. The molecular weight excluding hydrogens is 418 g/mol. The van der Waals surface area contributed by atoms with Crippen LogP contribution in [-0.4, -0.2) is 38.0 Å². The van der Waals surface area contributed by atoms with E-state index >= 15 is 0 Å². The second kappa shape index (κ2) is 13.8. The molecule has 0 aliphatic heterocycles. The SMILES string of the molecule is CCONC.Cc1sc(N(CCc2ccc(Cl)cc2)CC2CCCCC2)nc1C=O. The molecule has 1 saturated carbocycles. The fraction of sp³-hybridized carbons (Fsp3) is 0.565. The predicted molar refractivity (Wildman–Crippen MR) is 127 cm³/mol. The summed E-state index contributed by atoms with van der Waals surface area (Å²) < 4.78 is 0. The van der Waals surface area contributed by atoms with Gasteiger partial charge in [0.1, 0.15) is 5.69 Å². The quantitative estimate of drug-likeness (QED) is 0.391. The van der Waals surface area contributed by atoms with E-state index in [-0.39, 0.29) is 0 Å². The third kappa shape index (κ3) is 8.34. The molecule has 1 heterocycles. The number of aromatic nitrogens is 1. The van der Waals surface area contributed by atoms with E-state index in [1.807, 2.05) is 26.0 Å². The molecule has 0 bridgehead atoms. The summed E-state index contributed by atoms with van der Waals surface area (Å²) in [6.07, 6.45) is 8.49. The number of aryl methyl sites for hydroxylation is 1. The summed E-state index contributed by atoms with van der Waals surface area (Å²) in [5.74, 6) is 0.739. The molecule has 1 aliphatic carbocycles. The van der Waals surface area contributed by atoms with E-state index in [0.717, 1.165) is 53.4 Å². The normalized spacial score (nSPS) is 14.1. The number of carbonyl (C=O) groups excluding carboxylic acids is 1. The fourth-order valence-electron chi connectivity index (χ4n) is 3.64. The molecule has 30 heavy (non-hydrogen) atoms. The second-order valence-corrected chi connectivity index (χ2v) is 9.14. The van der Waals surface area contributed by atoms with Crippen LogP contribution in [-0.2, 0) is 11.3 Å². The van der Waals surface area contributed by atoms with Crippen LogP contribution < -0.4 is 10.4 Å². The number of rotatable bonds is 9. The van der Waals surface area contributed by atoms with Gasteiger partial charge in [-0.25, -0.2) is 10.5 Å². The molecule has 0 unspecified atom stereocenters. The van der Waals surface area contributed by atoms with E-state index in [4.69, 9.17) is 11.6 Å². The Hall–Kier alpha value is -1.47. The average Bonchev–Trinajstić information content (AvgIpc) is 3.14. The van der Waals surface area contributed by atoms with Crippen molar-refractivity contribution in [3.05, 3.63) is 45.4 Å². The number of halogens is 1. The number of hydrogen-bond acceptors (Lipinski definition) is 6. The van der Waals surface area contributed by atoms with Gasteiger partial charge in [0.2, 0.25) is 0 Å². The van der Waals surface area contributed by atoms with Crippen LogP contribution in [0.15, 0.2) is 24.3 Å². The van der Waals surface area contributed by atoms with Gasteiger partial charge in [0.25, 0.3) is 0 Å². The molecule has 1 N–H and O–H groups in total. The third-order valence-corrected chi connectivity index (χ3v) is 6.58. The average molecular weight is 452 g/mol. The van der Waals surface area contributed by atoms with Crippen molar-refractivity contribution in [2.75, 3.05) is 31.6 Å². The number of benzene rings is 1. The van der Waals surface area contributed by atoms with Crippen LogP contribution in [0.3, 0.4) is 0 Å². The first kappa shape index (κ1) is 24.8. The van der Waals surface area contributed by atoms with Gasteiger partial charge >= 0.3 is 0 Å². The lowest BCUT2D eigenvalue weighted by Gasteiger charge is -2.29. The first-order valence-corrected chi connectivity index (χ1v) is 12.0. The van der Waals surface area contributed by atoms with E-state index < -0.39 is 0 Å². The largest absolute Gasteiger partial charge is 0.347 e. The molecule has 7 heteroatoms. The third-order valence-electron chi connectivity index (χ3n) is 5.28. The summed E-state index contributed by atoms with van der Waals surface area (Å²) in [7, 11) is 1.74. The Morgan fingerprint density at radius 1 is 1.27 bits per heavy atom. The van der Waals surface area contributed by atoms with Crippen molar-refractivity contribution >= 4 is 34.4 Å². The van der Waals surface area contributed by atoms with E-state index in [1.165, 1.54) is 37.7 Å². The first-order chi connectivity index (χ1) is 14.6. The van der Waals surface area contributed by atoms with E-state index in [2.05, 4.69) is 32.3 Å². The van der Waals surface area contributed by atoms with Crippen LogP contribution in [0.25, 0.3) is 0 Å². The highest BCUT2D eigenvalue weighted by Gasteiger charge is 2.20. The summed E-state index contributed by atoms with van der Waals surface area (Å²) in [4.78, 5) is 23.7. The minimum atomic E-state index is 0.583. The molecule has 3 rings (SSSR count). The molecule has 1 aromatic heterocycles. The van der Waals surface area contributed by atoms with E-state index in [1.54, 1.807) is 18.4 Å². The zero-order chi connectivity index (χ0) is 21.8. The van der Waals surface area contributed by atoms with Crippen LogP contribution in [0.1, 0.15) is 60.0 Å². The summed E-state index contributed by atoms with van der Waals surface area (Å²) in [5.41, 5.74) is 4.38. The number of thiazole rings is 1. The van der Waals surface area contributed by atoms with E-state index in [0.29, 0.717) is 5.69 Å². The minimum absolute atomic E-state index is 0.583. The summed E-state index contributed by atoms with van der Waals surface area (Å²) in [6.45, 7) is 6.60. The van der Waals surface area contributed by atoms with Crippen molar-refractivity contribution in [3.8, 4) is 0 Å². The molecule has 2 aromatic rings. The van der Waals surface area contributed by atoms with Gasteiger partial charge < -0.3 is 9.74 Å². The molecule has 1 aromatic carbocycles. The number of nitrogens with one attached hydrogen (secondary N) is 1. The number of carbonyl (C=O) groups is 1.